The maximum absolute atomic E-state index is 12.2. The van der Waals surface area contributed by atoms with Crippen LogP contribution < -0.4 is 5.32 Å². The van der Waals surface area contributed by atoms with Gasteiger partial charge in [-0.3, -0.25) is 14.8 Å². The van der Waals surface area contributed by atoms with Crippen molar-refractivity contribution in [3.8, 4) is 0 Å². The number of amides is 3. The summed E-state index contributed by atoms with van der Waals surface area (Å²) in [5, 5.41) is 10.7. The monoisotopic (exact) mass is 272 g/mol. The maximum atomic E-state index is 12.2. The highest BCUT2D eigenvalue weighted by Gasteiger charge is 2.28. The molecule has 1 saturated carbocycles. The second-order valence-electron chi connectivity index (χ2n) is 5.06. The molecule has 3 rings (SSSR count). The van der Waals surface area contributed by atoms with Crippen molar-refractivity contribution in [2.24, 2.45) is 0 Å². The van der Waals surface area contributed by atoms with Gasteiger partial charge in [0.25, 0.3) is 5.91 Å². The Labute approximate surface area is 116 Å². The van der Waals surface area contributed by atoms with E-state index >= 15 is 0 Å². The lowest BCUT2D eigenvalue weighted by molar-refractivity contribution is 0.0833. The molecule has 3 amide bonds. The average molecular weight is 272 g/mol. The van der Waals surface area contributed by atoms with Crippen LogP contribution in [-0.4, -0.2) is 41.1 Å². The molecule has 6 heteroatoms. The second kappa shape index (κ2) is 4.63. The minimum absolute atomic E-state index is 0.325. The van der Waals surface area contributed by atoms with Crippen LogP contribution in [0.25, 0.3) is 10.9 Å². The SMILES string of the molecule is CNC(=O)N(C)C(=O)c1ccc2n[nH]c(C3CC3)c2c1. The van der Waals surface area contributed by atoms with Crippen LogP contribution in [0.15, 0.2) is 18.2 Å². The first-order valence-electron chi connectivity index (χ1n) is 6.59. The van der Waals surface area contributed by atoms with Gasteiger partial charge in [0.15, 0.2) is 0 Å². The van der Waals surface area contributed by atoms with Crippen molar-refractivity contribution >= 4 is 22.8 Å². The molecule has 6 nitrogen and oxygen atoms in total. The number of H-pyrrole nitrogens is 1. The predicted octanol–water partition coefficient (Wildman–Crippen LogP) is 1.85. The Balaban J connectivity index is 1.97. The summed E-state index contributed by atoms with van der Waals surface area (Å²) in [7, 11) is 2.96. The van der Waals surface area contributed by atoms with E-state index in [0.29, 0.717) is 11.5 Å². The molecular formula is C14H16N4O2. The molecule has 0 unspecified atom stereocenters. The Morgan fingerprint density at radius 1 is 1.40 bits per heavy atom. The fraction of sp³-hybridized carbons (Fsp3) is 0.357. The number of benzene rings is 1. The zero-order chi connectivity index (χ0) is 14.3. The largest absolute Gasteiger partial charge is 0.341 e. The van der Waals surface area contributed by atoms with E-state index in [1.165, 1.54) is 14.1 Å². The number of carbonyl (C=O) groups excluding carboxylic acids is 2. The molecular weight excluding hydrogens is 256 g/mol. The summed E-state index contributed by atoms with van der Waals surface area (Å²) in [6.45, 7) is 0. The summed E-state index contributed by atoms with van der Waals surface area (Å²) >= 11 is 0. The number of hydrogen-bond donors (Lipinski definition) is 2. The lowest BCUT2D eigenvalue weighted by Crippen LogP contribution is -2.39. The fourth-order valence-electron chi connectivity index (χ4n) is 2.30. The van der Waals surface area contributed by atoms with Crippen molar-refractivity contribution in [1.82, 2.24) is 20.4 Å². The molecule has 0 saturated heterocycles. The van der Waals surface area contributed by atoms with Gasteiger partial charge in [0.2, 0.25) is 0 Å². The van der Waals surface area contributed by atoms with Gasteiger partial charge in [0.1, 0.15) is 0 Å². The number of aromatic amines is 1. The Morgan fingerprint density at radius 2 is 2.15 bits per heavy atom. The Morgan fingerprint density at radius 3 is 2.80 bits per heavy atom. The average Bonchev–Trinajstić information content (AvgIpc) is 3.24. The van der Waals surface area contributed by atoms with Crippen LogP contribution in [0.5, 0.6) is 0 Å². The number of nitrogens with one attached hydrogen (secondary N) is 2. The van der Waals surface area contributed by atoms with Crippen LogP contribution in [0.3, 0.4) is 0 Å². The third-order valence-corrected chi connectivity index (χ3v) is 3.64. The fourth-order valence-corrected chi connectivity index (χ4v) is 2.30. The van der Waals surface area contributed by atoms with Gasteiger partial charge in [-0.25, -0.2) is 4.79 Å². The highest BCUT2D eigenvalue weighted by molar-refractivity contribution is 6.05. The minimum Gasteiger partial charge on any atom is -0.341 e. The van der Waals surface area contributed by atoms with Crippen molar-refractivity contribution in [1.29, 1.82) is 0 Å². The molecule has 1 heterocycles. The molecule has 104 valence electrons. The van der Waals surface area contributed by atoms with Crippen LogP contribution in [0.2, 0.25) is 0 Å². The highest BCUT2D eigenvalue weighted by Crippen LogP contribution is 2.42. The van der Waals surface area contributed by atoms with Gasteiger partial charge >= 0.3 is 6.03 Å². The number of fused-ring (bicyclic) bond motifs is 1. The summed E-state index contributed by atoms with van der Waals surface area (Å²) in [5.41, 5.74) is 2.44. The number of carbonyl (C=O) groups is 2. The van der Waals surface area contributed by atoms with Crippen molar-refractivity contribution in [3.05, 3.63) is 29.5 Å². The van der Waals surface area contributed by atoms with E-state index < -0.39 is 6.03 Å². The van der Waals surface area contributed by atoms with Crippen LogP contribution in [0.1, 0.15) is 34.8 Å². The van der Waals surface area contributed by atoms with Gasteiger partial charge in [0.05, 0.1) is 5.52 Å². The van der Waals surface area contributed by atoms with Gasteiger partial charge < -0.3 is 5.32 Å². The number of imide groups is 1. The van der Waals surface area contributed by atoms with Crippen molar-refractivity contribution in [3.63, 3.8) is 0 Å². The first-order chi connectivity index (χ1) is 9.61. The van der Waals surface area contributed by atoms with Crippen molar-refractivity contribution < 1.29 is 9.59 Å². The molecule has 0 aliphatic heterocycles. The Hall–Kier alpha value is -2.37. The third kappa shape index (κ3) is 2.03. The molecule has 0 spiro atoms. The lowest BCUT2D eigenvalue weighted by atomic mass is 10.1. The van der Waals surface area contributed by atoms with Crippen LogP contribution in [-0.2, 0) is 0 Å². The smallest absolute Gasteiger partial charge is 0.323 e. The molecule has 1 aromatic carbocycles. The van der Waals surface area contributed by atoms with E-state index in [1.807, 2.05) is 12.1 Å². The summed E-state index contributed by atoms with van der Waals surface area (Å²) in [5.74, 6) is 0.205. The molecule has 1 aliphatic rings. The number of hydrogen-bond acceptors (Lipinski definition) is 3. The van der Waals surface area contributed by atoms with E-state index in [9.17, 15) is 9.59 Å². The number of nitrogens with zero attached hydrogens (tertiary/aromatic N) is 2. The van der Waals surface area contributed by atoms with Crippen LogP contribution in [0, 0.1) is 0 Å². The molecule has 0 bridgehead atoms. The summed E-state index contributed by atoms with van der Waals surface area (Å²) < 4.78 is 0. The van der Waals surface area contributed by atoms with Gasteiger partial charge in [0, 0.05) is 36.7 Å². The zero-order valence-corrected chi connectivity index (χ0v) is 11.4. The molecule has 0 radical (unpaired) electrons. The second-order valence-corrected chi connectivity index (χ2v) is 5.06. The van der Waals surface area contributed by atoms with Gasteiger partial charge in [-0.05, 0) is 31.0 Å². The van der Waals surface area contributed by atoms with Gasteiger partial charge in [-0.2, -0.15) is 5.10 Å². The zero-order valence-electron chi connectivity index (χ0n) is 11.4. The maximum Gasteiger partial charge on any atom is 0.323 e. The molecule has 1 aliphatic carbocycles. The summed E-state index contributed by atoms with van der Waals surface area (Å²) in [4.78, 5) is 24.8. The lowest BCUT2D eigenvalue weighted by Gasteiger charge is -2.14. The first-order valence-corrected chi connectivity index (χ1v) is 6.59. The first kappa shape index (κ1) is 12.7. The highest BCUT2D eigenvalue weighted by atomic mass is 16.2. The van der Waals surface area contributed by atoms with Crippen LogP contribution in [0.4, 0.5) is 4.79 Å². The summed E-state index contributed by atoms with van der Waals surface area (Å²) in [6.07, 6.45) is 2.32. The molecule has 2 aromatic rings. The molecule has 2 N–H and O–H groups in total. The van der Waals surface area contributed by atoms with E-state index in [0.717, 1.165) is 34.3 Å². The third-order valence-electron chi connectivity index (χ3n) is 3.64. The number of rotatable bonds is 2. The van der Waals surface area contributed by atoms with Crippen molar-refractivity contribution in [2.75, 3.05) is 14.1 Å². The Bertz CT molecular complexity index is 688. The molecule has 20 heavy (non-hydrogen) atoms. The topological polar surface area (TPSA) is 78.1 Å². The van der Waals surface area contributed by atoms with Gasteiger partial charge in [-0.1, -0.05) is 0 Å². The number of aromatic nitrogens is 2. The molecule has 1 fully saturated rings. The predicted molar refractivity (Wildman–Crippen MR) is 74.6 cm³/mol. The normalized spacial score (nSPS) is 14.3. The van der Waals surface area contributed by atoms with Gasteiger partial charge in [-0.15, -0.1) is 0 Å². The minimum atomic E-state index is -0.426. The molecule has 0 atom stereocenters. The Kier molecular flexibility index (Phi) is 2.93. The van der Waals surface area contributed by atoms with Crippen LogP contribution >= 0.6 is 0 Å². The van der Waals surface area contributed by atoms with E-state index in [1.54, 1.807) is 6.07 Å². The summed E-state index contributed by atoms with van der Waals surface area (Å²) in [6, 6.07) is 4.89. The van der Waals surface area contributed by atoms with E-state index in [2.05, 4.69) is 15.5 Å². The van der Waals surface area contributed by atoms with Crippen molar-refractivity contribution in [2.45, 2.75) is 18.8 Å². The number of urea groups is 1. The molecule has 1 aromatic heterocycles. The van der Waals surface area contributed by atoms with E-state index in [4.69, 9.17) is 0 Å². The quantitative estimate of drug-likeness (QED) is 0.875. The standard InChI is InChI=1S/C14H16N4O2/c1-15-14(20)18(2)13(19)9-5-6-11-10(7-9)12(17-16-11)8-3-4-8/h5-8H,3-4H2,1-2H3,(H,15,20)(H,16,17). The van der Waals surface area contributed by atoms with E-state index in [-0.39, 0.29) is 5.91 Å².